The second kappa shape index (κ2) is 12.3. The van der Waals surface area contributed by atoms with Crippen LogP contribution < -0.4 is 0 Å². The van der Waals surface area contributed by atoms with Crippen LogP contribution in [0.3, 0.4) is 0 Å². The third kappa shape index (κ3) is 7.84. The van der Waals surface area contributed by atoms with Gasteiger partial charge in [-0.1, -0.05) is 24.3 Å². The maximum absolute atomic E-state index is 12.8. The van der Waals surface area contributed by atoms with E-state index in [1.807, 2.05) is 18.2 Å². The second-order valence-electron chi connectivity index (χ2n) is 9.67. The van der Waals surface area contributed by atoms with Crippen LogP contribution in [0, 0.1) is 0 Å². The Morgan fingerprint density at radius 2 is 0.711 bits per heavy atom. The van der Waals surface area contributed by atoms with E-state index in [4.69, 9.17) is 0 Å². The standard InChI is InChI=1S/C32H30O6/c1-19(33)27-9-25(10-28(17-27)20(2)34)15-31(37)13-23-6-5-7-24(8-23)14-32(38)16-26-11-29(21(3)35)18-30(12-26)22(4)36/h5-12,17-18H,13-16H2,1-4H3. The normalized spacial score (nSPS) is 10.6. The van der Waals surface area contributed by atoms with Gasteiger partial charge in [0.2, 0.25) is 0 Å². The van der Waals surface area contributed by atoms with Crippen molar-refractivity contribution in [3.63, 3.8) is 0 Å². The average molecular weight is 511 g/mol. The van der Waals surface area contributed by atoms with Crippen molar-refractivity contribution in [2.75, 3.05) is 0 Å². The Labute approximate surface area is 222 Å². The first-order valence-electron chi connectivity index (χ1n) is 12.3. The fraction of sp³-hybridized carbons (Fsp3) is 0.250. The highest BCUT2D eigenvalue weighted by atomic mass is 16.1. The van der Waals surface area contributed by atoms with Crippen LogP contribution in [0.1, 0.15) is 91.4 Å². The summed E-state index contributed by atoms with van der Waals surface area (Å²) in [5.74, 6) is -0.869. The maximum Gasteiger partial charge on any atom is 0.159 e. The fourth-order valence-corrected chi connectivity index (χ4v) is 4.29. The summed E-state index contributed by atoms with van der Waals surface area (Å²) in [5.41, 5.74) is 4.31. The number of carbonyl (C=O) groups excluding carboxylic acids is 6. The first-order chi connectivity index (χ1) is 17.9. The lowest BCUT2D eigenvalue weighted by Crippen LogP contribution is -2.10. The smallest absolute Gasteiger partial charge is 0.159 e. The van der Waals surface area contributed by atoms with Crippen molar-refractivity contribution in [1.29, 1.82) is 0 Å². The van der Waals surface area contributed by atoms with Crippen LogP contribution in [0.2, 0.25) is 0 Å². The molecule has 0 atom stereocenters. The highest BCUT2D eigenvalue weighted by Crippen LogP contribution is 2.17. The Morgan fingerprint density at radius 3 is 1.00 bits per heavy atom. The van der Waals surface area contributed by atoms with E-state index < -0.39 is 0 Å². The minimum absolute atomic E-state index is 0.0789. The number of hydrogen-bond acceptors (Lipinski definition) is 6. The topological polar surface area (TPSA) is 102 Å². The molecule has 0 heterocycles. The second-order valence-corrected chi connectivity index (χ2v) is 9.67. The van der Waals surface area contributed by atoms with Gasteiger partial charge in [-0.3, -0.25) is 28.8 Å². The van der Waals surface area contributed by atoms with Crippen LogP contribution >= 0.6 is 0 Å². The van der Waals surface area contributed by atoms with E-state index in [-0.39, 0.29) is 60.4 Å². The molecule has 0 spiro atoms. The quantitative estimate of drug-likeness (QED) is 0.310. The summed E-state index contributed by atoms with van der Waals surface area (Å²) in [4.78, 5) is 72.9. The van der Waals surface area contributed by atoms with Crippen molar-refractivity contribution < 1.29 is 28.8 Å². The fourth-order valence-electron chi connectivity index (χ4n) is 4.29. The Bertz CT molecular complexity index is 1290. The van der Waals surface area contributed by atoms with Gasteiger partial charge in [-0.15, -0.1) is 0 Å². The van der Waals surface area contributed by atoms with Crippen molar-refractivity contribution in [3.8, 4) is 0 Å². The number of carbonyl (C=O) groups is 6. The van der Waals surface area contributed by atoms with Crippen LogP contribution in [0.25, 0.3) is 0 Å². The van der Waals surface area contributed by atoms with Gasteiger partial charge in [0.05, 0.1) is 0 Å². The van der Waals surface area contributed by atoms with Gasteiger partial charge in [0.1, 0.15) is 11.6 Å². The number of Topliss-reactive ketones (excluding diaryl/α,β-unsaturated/α-hetero) is 6. The summed E-state index contributed by atoms with van der Waals surface area (Å²) in [6.45, 7) is 5.67. The van der Waals surface area contributed by atoms with Gasteiger partial charge in [0, 0.05) is 47.9 Å². The molecule has 0 saturated carbocycles. The molecule has 0 unspecified atom stereocenters. The van der Waals surface area contributed by atoms with E-state index in [9.17, 15) is 28.8 Å². The molecule has 3 rings (SSSR count). The van der Waals surface area contributed by atoms with Crippen LogP contribution in [0.4, 0.5) is 0 Å². The molecular weight excluding hydrogens is 480 g/mol. The largest absolute Gasteiger partial charge is 0.299 e. The van der Waals surface area contributed by atoms with Crippen LogP contribution in [0.15, 0.2) is 60.7 Å². The first-order valence-corrected chi connectivity index (χ1v) is 12.3. The molecular formula is C32H30O6. The highest BCUT2D eigenvalue weighted by molar-refractivity contribution is 6.01. The van der Waals surface area contributed by atoms with E-state index in [0.717, 1.165) is 11.1 Å². The molecule has 3 aromatic carbocycles. The molecule has 0 bridgehead atoms. The van der Waals surface area contributed by atoms with E-state index >= 15 is 0 Å². The molecule has 0 N–H and O–H groups in total. The zero-order valence-corrected chi connectivity index (χ0v) is 22.1. The van der Waals surface area contributed by atoms with Gasteiger partial charge < -0.3 is 0 Å². The number of hydrogen-bond donors (Lipinski definition) is 0. The molecule has 0 aliphatic carbocycles. The molecule has 6 heteroatoms. The summed E-state index contributed by atoms with van der Waals surface area (Å²) in [6, 6.07) is 16.9. The van der Waals surface area contributed by atoms with E-state index in [0.29, 0.717) is 33.4 Å². The molecule has 0 fully saturated rings. The Hall–Kier alpha value is -4.32. The number of benzene rings is 3. The van der Waals surface area contributed by atoms with Crippen molar-refractivity contribution >= 4 is 34.7 Å². The Kier molecular flexibility index (Phi) is 9.13. The number of ketones is 6. The summed E-state index contributed by atoms with van der Waals surface area (Å²) in [7, 11) is 0. The van der Waals surface area contributed by atoms with Gasteiger partial charge in [-0.2, -0.15) is 0 Å². The van der Waals surface area contributed by atoms with E-state index in [2.05, 4.69) is 0 Å². The van der Waals surface area contributed by atoms with Gasteiger partial charge >= 0.3 is 0 Å². The van der Waals surface area contributed by atoms with E-state index in [1.54, 1.807) is 30.3 Å². The summed E-state index contributed by atoms with van der Waals surface area (Å²) < 4.78 is 0. The molecule has 194 valence electrons. The first kappa shape index (κ1) is 28.3. The lowest BCUT2D eigenvalue weighted by molar-refractivity contribution is -0.118. The Morgan fingerprint density at radius 1 is 0.421 bits per heavy atom. The molecule has 0 amide bonds. The van der Waals surface area contributed by atoms with Crippen molar-refractivity contribution in [3.05, 3.63) is 105 Å². The van der Waals surface area contributed by atoms with Crippen molar-refractivity contribution in [1.82, 2.24) is 0 Å². The monoisotopic (exact) mass is 510 g/mol. The Balaban J connectivity index is 1.69. The summed E-state index contributed by atoms with van der Waals surface area (Å²) >= 11 is 0. The predicted octanol–water partition coefficient (Wildman–Crippen LogP) is 5.21. The molecule has 0 radical (unpaired) electrons. The van der Waals surface area contributed by atoms with Crippen LogP contribution in [-0.2, 0) is 35.3 Å². The lowest BCUT2D eigenvalue weighted by Gasteiger charge is -2.09. The summed E-state index contributed by atoms with van der Waals surface area (Å²) in [5, 5.41) is 0. The third-order valence-corrected chi connectivity index (χ3v) is 6.21. The summed E-state index contributed by atoms with van der Waals surface area (Å²) in [6.07, 6.45) is 0.444. The molecule has 6 nitrogen and oxygen atoms in total. The minimum atomic E-state index is -0.176. The van der Waals surface area contributed by atoms with Gasteiger partial charge in [-0.25, -0.2) is 0 Å². The zero-order valence-electron chi connectivity index (χ0n) is 22.1. The SMILES string of the molecule is CC(=O)c1cc(CC(=O)Cc2cccc(CC(=O)Cc3cc(C(C)=O)cc(C(C)=O)c3)c2)cc(C(C)=O)c1. The maximum atomic E-state index is 12.8. The zero-order chi connectivity index (χ0) is 28.0. The lowest BCUT2D eigenvalue weighted by atomic mass is 9.95. The van der Waals surface area contributed by atoms with Crippen LogP contribution in [0.5, 0.6) is 0 Å². The predicted molar refractivity (Wildman–Crippen MR) is 144 cm³/mol. The highest BCUT2D eigenvalue weighted by Gasteiger charge is 2.14. The molecule has 3 aromatic rings. The van der Waals surface area contributed by atoms with Crippen molar-refractivity contribution in [2.45, 2.75) is 53.4 Å². The molecule has 0 aliphatic rings. The molecule has 0 aliphatic heterocycles. The van der Waals surface area contributed by atoms with Gasteiger partial charge in [-0.05, 0) is 86.3 Å². The molecule has 38 heavy (non-hydrogen) atoms. The average Bonchev–Trinajstić information content (AvgIpc) is 2.83. The molecule has 0 saturated heterocycles. The van der Waals surface area contributed by atoms with Crippen LogP contribution in [-0.4, -0.2) is 34.7 Å². The van der Waals surface area contributed by atoms with Gasteiger partial charge in [0.25, 0.3) is 0 Å². The third-order valence-electron chi connectivity index (χ3n) is 6.21. The minimum Gasteiger partial charge on any atom is -0.299 e. The molecule has 0 aromatic heterocycles. The van der Waals surface area contributed by atoms with Crippen molar-refractivity contribution in [2.24, 2.45) is 0 Å². The van der Waals surface area contributed by atoms with Gasteiger partial charge in [0.15, 0.2) is 23.1 Å². The number of rotatable bonds is 12. The van der Waals surface area contributed by atoms with E-state index in [1.165, 1.54) is 39.8 Å².